The lowest BCUT2D eigenvalue weighted by Gasteiger charge is -2.08. The zero-order valence-electron chi connectivity index (χ0n) is 11.1. The molecular formula is C16H18OS. The van der Waals surface area contributed by atoms with Crippen LogP contribution in [0.15, 0.2) is 29.6 Å². The fraction of sp³-hybridized carbons (Fsp3) is 0.312. The van der Waals surface area contributed by atoms with Crippen molar-refractivity contribution < 1.29 is 4.79 Å². The van der Waals surface area contributed by atoms with Crippen LogP contribution in [0.3, 0.4) is 0 Å². The molecule has 0 saturated carbocycles. The zero-order chi connectivity index (χ0) is 13.1. The molecule has 0 aliphatic rings. The molecule has 0 atom stereocenters. The van der Waals surface area contributed by atoms with Gasteiger partial charge in [-0.2, -0.15) is 0 Å². The smallest absolute Gasteiger partial charge is 0.203 e. The van der Waals surface area contributed by atoms with E-state index in [0.717, 1.165) is 34.4 Å². The molecule has 0 amide bonds. The van der Waals surface area contributed by atoms with Crippen LogP contribution < -0.4 is 0 Å². The van der Waals surface area contributed by atoms with Crippen LogP contribution in [0.5, 0.6) is 0 Å². The fourth-order valence-electron chi connectivity index (χ4n) is 2.09. The summed E-state index contributed by atoms with van der Waals surface area (Å²) in [6.07, 6.45) is 1.86. The average Bonchev–Trinajstić information content (AvgIpc) is 2.83. The van der Waals surface area contributed by atoms with E-state index in [1.165, 1.54) is 16.9 Å². The number of aryl methyl sites for hydroxylation is 3. The van der Waals surface area contributed by atoms with Gasteiger partial charge in [-0.1, -0.05) is 26.0 Å². The van der Waals surface area contributed by atoms with Gasteiger partial charge in [-0.25, -0.2) is 0 Å². The number of thiophene rings is 1. The van der Waals surface area contributed by atoms with Crippen LogP contribution in [0.2, 0.25) is 0 Å². The summed E-state index contributed by atoms with van der Waals surface area (Å²) in [6.45, 7) is 6.21. The summed E-state index contributed by atoms with van der Waals surface area (Å²) in [5, 5.41) is 1.98. The maximum absolute atomic E-state index is 12.6. The van der Waals surface area contributed by atoms with E-state index in [4.69, 9.17) is 0 Å². The molecule has 1 aromatic heterocycles. The fourth-order valence-corrected chi connectivity index (χ4v) is 2.97. The number of carbonyl (C=O) groups is 1. The van der Waals surface area contributed by atoms with Crippen molar-refractivity contribution >= 4 is 17.1 Å². The Morgan fingerprint density at radius 3 is 2.50 bits per heavy atom. The van der Waals surface area contributed by atoms with Crippen LogP contribution in [0.25, 0.3) is 0 Å². The van der Waals surface area contributed by atoms with Gasteiger partial charge in [0.15, 0.2) is 0 Å². The SMILES string of the molecule is CCc1ccc(CC)c(C(=O)c2sccc2C)c1. The Morgan fingerprint density at radius 2 is 1.94 bits per heavy atom. The van der Waals surface area contributed by atoms with E-state index in [1.807, 2.05) is 18.4 Å². The molecule has 2 heteroatoms. The van der Waals surface area contributed by atoms with Gasteiger partial charge in [-0.05, 0) is 54.0 Å². The summed E-state index contributed by atoms with van der Waals surface area (Å²) in [5.41, 5.74) is 4.33. The van der Waals surface area contributed by atoms with Crippen LogP contribution in [-0.2, 0) is 12.8 Å². The van der Waals surface area contributed by atoms with Crippen molar-refractivity contribution in [2.75, 3.05) is 0 Å². The van der Waals surface area contributed by atoms with Crippen molar-refractivity contribution in [2.45, 2.75) is 33.6 Å². The Balaban J connectivity index is 2.49. The van der Waals surface area contributed by atoms with E-state index in [2.05, 4.69) is 32.0 Å². The van der Waals surface area contributed by atoms with Gasteiger partial charge in [-0.15, -0.1) is 11.3 Å². The van der Waals surface area contributed by atoms with E-state index in [9.17, 15) is 4.79 Å². The average molecular weight is 258 g/mol. The summed E-state index contributed by atoms with van der Waals surface area (Å²) in [6, 6.07) is 8.28. The number of hydrogen-bond acceptors (Lipinski definition) is 2. The van der Waals surface area contributed by atoms with Crippen molar-refractivity contribution in [2.24, 2.45) is 0 Å². The first kappa shape index (κ1) is 13.0. The van der Waals surface area contributed by atoms with E-state index in [0.29, 0.717) is 0 Å². The monoisotopic (exact) mass is 258 g/mol. The molecule has 1 aromatic carbocycles. The highest BCUT2D eigenvalue weighted by molar-refractivity contribution is 7.12. The number of carbonyl (C=O) groups excluding carboxylic acids is 1. The number of hydrogen-bond donors (Lipinski definition) is 0. The normalized spacial score (nSPS) is 10.6. The molecule has 0 spiro atoms. The second-order valence-electron chi connectivity index (χ2n) is 4.46. The highest BCUT2D eigenvalue weighted by Gasteiger charge is 2.16. The minimum absolute atomic E-state index is 0.176. The quantitative estimate of drug-likeness (QED) is 0.742. The topological polar surface area (TPSA) is 17.1 Å². The van der Waals surface area contributed by atoms with Crippen LogP contribution in [0, 0.1) is 6.92 Å². The number of ketones is 1. The highest BCUT2D eigenvalue weighted by atomic mass is 32.1. The lowest BCUT2D eigenvalue weighted by molar-refractivity contribution is 0.104. The van der Waals surface area contributed by atoms with Crippen LogP contribution in [-0.4, -0.2) is 5.78 Å². The van der Waals surface area contributed by atoms with E-state index >= 15 is 0 Å². The lowest BCUT2D eigenvalue weighted by atomic mass is 9.96. The summed E-state index contributed by atoms with van der Waals surface area (Å²) < 4.78 is 0. The first-order valence-electron chi connectivity index (χ1n) is 6.38. The van der Waals surface area contributed by atoms with Crippen molar-refractivity contribution in [3.05, 3.63) is 56.8 Å². The van der Waals surface area contributed by atoms with E-state index < -0.39 is 0 Å². The Hall–Kier alpha value is -1.41. The Labute approximate surface area is 112 Å². The predicted octanol–water partition coefficient (Wildman–Crippen LogP) is 4.41. The molecule has 0 N–H and O–H groups in total. The van der Waals surface area contributed by atoms with Gasteiger partial charge in [0.05, 0.1) is 4.88 Å². The van der Waals surface area contributed by atoms with Gasteiger partial charge >= 0.3 is 0 Å². The molecule has 0 fully saturated rings. The summed E-state index contributed by atoms with van der Waals surface area (Å²) in [7, 11) is 0. The van der Waals surface area contributed by atoms with Gasteiger partial charge in [0.1, 0.15) is 0 Å². The molecule has 0 aliphatic heterocycles. The molecule has 0 saturated heterocycles. The molecule has 0 radical (unpaired) electrons. The molecule has 2 rings (SSSR count). The minimum atomic E-state index is 0.176. The molecule has 1 heterocycles. The van der Waals surface area contributed by atoms with Gasteiger partial charge < -0.3 is 0 Å². The van der Waals surface area contributed by atoms with Crippen molar-refractivity contribution in [3.63, 3.8) is 0 Å². The van der Waals surface area contributed by atoms with Gasteiger partial charge in [0.25, 0.3) is 0 Å². The summed E-state index contributed by atoms with van der Waals surface area (Å²) >= 11 is 1.54. The molecule has 18 heavy (non-hydrogen) atoms. The molecule has 1 nitrogen and oxygen atoms in total. The maximum atomic E-state index is 12.6. The Kier molecular flexibility index (Phi) is 3.97. The third-order valence-electron chi connectivity index (χ3n) is 3.28. The Bertz CT molecular complexity index is 566. The van der Waals surface area contributed by atoms with Crippen LogP contribution >= 0.6 is 11.3 Å². The summed E-state index contributed by atoms with van der Waals surface area (Å²) in [4.78, 5) is 13.5. The van der Waals surface area contributed by atoms with Crippen molar-refractivity contribution in [1.82, 2.24) is 0 Å². The predicted molar refractivity (Wildman–Crippen MR) is 77.7 cm³/mol. The van der Waals surface area contributed by atoms with Crippen LogP contribution in [0.1, 0.15) is 45.8 Å². The van der Waals surface area contributed by atoms with Crippen molar-refractivity contribution in [3.8, 4) is 0 Å². The number of benzene rings is 1. The third-order valence-corrected chi connectivity index (χ3v) is 4.29. The van der Waals surface area contributed by atoms with E-state index in [-0.39, 0.29) is 5.78 Å². The van der Waals surface area contributed by atoms with Crippen molar-refractivity contribution in [1.29, 1.82) is 0 Å². The lowest BCUT2D eigenvalue weighted by Crippen LogP contribution is -2.05. The standard InChI is InChI=1S/C16H18OS/c1-4-12-6-7-13(5-2)14(10-12)15(17)16-11(3)8-9-18-16/h6-10H,4-5H2,1-3H3. The molecule has 0 unspecified atom stereocenters. The first-order chi connectivity index (χ1) is 8.67. The van der Waals surface area contributed by atoms with E-state index in [1.54, 1.807) is 0 Å². The first-order valence-corrected chi connectivity index (χ1v) is 7.25. The second kappa shape index (κ2) is 5.49. The molecule has 0 bridgehead atoms. The molecule has 94 valence electrons. The number of rotatable bonds is 4. The van der Waals surface area contributed by atoms with Gasteiger partial charge in [-0.3, -0.25) is 4.79 Å². The molecular weight excluding hydrogens is 240 g/mol. The second-order valence-corrected chi connectivity index (χ2v) is 5.38. The Morgan fingerprint density at radius 1 is 1.17 bits per heavy atom. The van der Waals surface area contributed by atoms with Gasteiger partial charge in [0.2, 0.25) is 5.78 Å². The molecule has 0 aliphatic carbocycles. The van der Waals surface area contributed by atoms with Crippen LogP contribution in [0.4, 0.5) is 0 Å². The zero-order valence-corrected chi connectivity index (χ0v) is 11.9. The third kappa shape index (κ3) is 2.39. The molecule has 2 aromatic rings. The minimum Gasteiger partial charge on any atom is -0.288 e. The summed E-state index contributed by atoms with van der Waals surface area (Å²) in [5.74, 6) is 0.176. The highest BCUT2D eigenvalue weighted by Crippen LogP contribution is 2.23. The largest absolute Gasteiger partial charge is 0.288 e. The van der Waals surface area contributed by atoms with Gasteiger partial charge in [0, 0.05) is 5.56 Å². The maximum Gasteiger partial charge on any atom is 0.203 e.